The summed E-state index contributed by atoms with van der Waals surface area (Å²) in [6.45, 7) is 2.68. The molecule has 1 aliphatic rings. The summed E-state index contributed by atoms with van der Waals surface area (Å²) in [5.41, 5.74) is 6.18. The van der Waals surface area contributed by atoms with Gasteiger partial charge in [0.2, 0.25) is 0 Å². The second-order valence-corrected chi connectivity index (χ2v) is 4.93. The van der Waals surface area contributed by atoms with Crippen molar-refractivity contribution in [2.75, 3.05) is 31.6 Å². The summed E-state index contributed by atoms with van der Waals surface area (Å²) in [4.78, 5) is 18.1. The summed E-state index contributed by atoms with van der Waals surface area (Å²) < 4.78 is 4.74. The SMILES string of the molecule is COC(=O)c1ccnc(N2CCCC(CCN)C2)c1. The zero-order chi connectivity index (χ0) is 13.7. The van der Waals surface area contributed by atoms with Crippen molar-refractivity contribution in [1.29, 1.82) is 0 Å². The van der Waals surface area contributed by atoms with Crippen molar-refractivity contribution >= 4 is 11.8 Å². The van der Waals surface area contributed by atoms with E-state index in [1.165, 1.54) is 13.5 Å². The van der Waals surface area contributed by atoms with Gasteiger partial charge in [0.15, 0.2) is 0 Å². The molecule has 0 spiro atoms. The topological polar surface area (TPSA) is 68.5 Å². The molecular weight excluding hydrogens is 242 g/mol. The van der Waals surface area contributed by atoms with Gasteiger partial charge in [0.25, 0.3) is 0 Å². The summed E-state index contributed by atoms with van der Waals surface area (Å²) in [6.07, 6.45) is 5.08. The Morgan fingerprint density at radius 2 is 2.47 bits per heavy atom. The smallest absolute Gasteiger partial charge is 0.338 e. The lowest BCUT2D eigenvalue weighted by Gasteiger charge is -2.33. The Hall–Kier alpha value is -1.62. The molecule has 1 unspecified atom stereocenters. The number of esters is 1. The molecule has 1 fully saturated rings. The van der Waals surface area contributed by atoms with Crippen molar-refractivity contribution in [3.8, 4) is 0 Å². The molecule has 0 aromatic carbocycles. The number of carbonyl (C=O) groups is 1. The number of nitrogens with two attached hydrogens (primary N) is 1. The fourth-order valence-electron chi connectivity index (χ4n) is 2.58. The number of ether oxygens (including phenoxy) is 1. The molecule has 1 atom stereocenters. The maximum absolute atomic E-state index is 11.5. The number of rotatable bonds is 4. The second-order valence-electron chi connectivity index (χ2n) is 4.93. The Morgan fingerprint density at radius 1 is 1.63 bits per heavy atom. The average molecular weight is 263 g/mol. The van der Waals surface area contributed by atoms with Gasteiger partial charge < -0.3 is 15.4 Å². The Kier molecular flexibility index (Phi) is 4.74. The monoisotopic (exact) mass is 263 g/mol. The maximum Gasteiger partial charge on any atom is 0.338 e. The number of pyridine rings is 1. The highest BCUT2D eigenvalue weighted by molar-refractivity contribution is 5.90. The molecule has 2 N–H and O–H groups in total. The van der Waals surface area contributed by atoms with Gasteiger partial charge in [-0.2, -0.15) is 0 Å². The molecule has 0 radical (unpaired) electrons. The third kappa shape index (κ3) is 3.44. The highest BCUT2D eigenvalue weighted by Crippen LogP contribution is 2.23. The maximum atomic E-state index is 11.5. The zero-order valence-electron chi connectivity index (χ0n) is 11.3. The van der Waals surface area contributed by atoms with Gasteiger partial charge in [0.05, 0.1) is 12.7 Å². The first-order valence-electron chi connectivity index (χ1n) is 6.74. The highest BCUT2D eigenvalue weighted by Gasteiger charge is 2.21. The van der Waals surface area contributed by atoms with Crippen molar-refractivity contribution < 1.29 is 9.53 Å². The van der Waals surface area contributed by atoms with Crippen molar-refractivity contribution in [3.63, 3.8) is 0 Å². The van der Waals surface area contributed by atoms with E-state index in [0.29, 0.717) is 11.5 Å². The van der Waals surface area contributed by atoms with E-state index in [0.717, 1.165) is 38.3 Å². The van der Waals surface area contributed by atoms with Gasteiger partial charge in [0.1, 0.15) is 5.82 Å². The lowest BCUT2D eigenvalue weighted by atomic mass is 9.95. The van der Waals surface area contributed by atoms with E-state index in [4.69, 9.17) is 10.5 Å². The van der Waals surface area contributed by atoms with E-state index in [1.54, 1.807) is 18.3 Å². The van der Waals surface area contributed by atoms with Gasteiger partial charge in [-0.25, -0.2) is 9.78 Å². The molecule has 0 bridgehead atoms. The summed E-state index contributed by atoms with van der Waals surface area (Å²) in [6, 6.07) is 3.48. The fraction of sp³-hybridized carbons (Fsp3) is 0.571. The Bertz CT molecular complexity index is 434. The molecule has 2 rings (SSSR count). The van der Waals surface area contributed by atoms with Crippen LogP contribution >= 0.6 is 0 Å². The van der Waals surface area contributed by atoms with Gasteiger partial charge in [-0.1, -0.05) is 0 Å². The van der Waals surface area contributed by atoms with Crippen LogP contribution in [0.25, 0.3) is 0 Å². The molecule has 2 heterocycles. The van der Waals surface area contributed by atoms with Crippen LogP contribution in [0.5, 0.6) is 0 Å². The molecule has 5 nitrogen and oxygen atoms in total. The second kappa shape index (κ2) is 6.52. The average Bonchev–Trinajstić information content (AvgIpc) is 2.47. The third-order valence-corrected chi connectivity index (χ3v) is 3.58. The van der Waals surface area contributed by atoms with Crippen molar-refractivity contribution in [2.45, 2.75) is 19.3 Å². The molecular formula is C14H21N3O2. The number of aromatic nitrogens is 1. The van der Waals surface area contributed by atoms with Crippen LogP contribution in [0.1, 0.15) is 29.6 Å². The quantitative estimate of drug-likeness (QED) is 0.832. The zero-order valence-corrected chi connectivity index (χ0v) is 11.3. The normalized spacial score (nSPS) is 19.3. The first-order valence-corrected chi connectivity index (χ1v) is 6.74. The van der Waals surface area contributed by atoms with E-state index in [2.05, 4.69) is 9.88 Å². The first kappa shape index (κ1) is 13.8. The number of methoxy groups -OCH3 is 1. The van der Waals surface area contributed by atoms with Gasteiger partial charge in [0, 0.05) is 19.3 Å². The number of piperidine rings is 1. The first-order chi connectivity index (χ1) is 9.24. The predicted molar refractivity (Wildman–Crippen MR) is 74.2 cm³/mol. The number of anilines is 1. The van der Waals surface area contributed by atoms with Crippen LogP contribution in [-0.2, 0) is 4.74 Å². The molecule has 1 aliphatic heterocycles. The summed E-state index contributed by atoms with van der Waals surface area (Å²) in [5.74, 6) is 1.16. The molecule has 1 aromatic heterocycles. The van der Waals surface area contributed by atoms with Gasteiger partial charge >= 0.3 is 5.97 Å². The molecule has 0 amide bonds. The van der Waals surface area contributed by atoms with Crippen LogP contribution < -0.4 is 10.6 Å². The van der Waals surface area contributed by atoms with E-state index >= 15 is 0 Å². The third-order valence-electron chi connectivity index (χ3n) is 3.58. The van der Waals surface area contributed by atoms with E-state index in [-0.39, 0.29) is 5.97 Å². The molecule has 0 aliphatic carbocycles. The Balaban J connectivity index is 2.10. The highest BCUT2D eigenvalue weighted by atomic mass is 16.5. The van der Waals surface area contributed by atoms with Crippen LogP contribution in [0.3, 0.4) is 0 Å². The van der Waals surface area contributed by atoms with Crippen LogP contribution in [0.15, 0.2) is 18.3 Å². The molecule has 5 heteroatoms. The predicted octanol–water partition coefficient (Wildman–Crippen LogP) is 1.43. The van der Waals surface area contributed by atoms with Gasteiger partial charge in [-0.15, -0.1) is 0 Å². The van der Waals surface area contributed by atoms with Crippen molar-refractivity contribution in [1.82, 2.24) is 4.98 Å². The van der Waals surface area contributed by atoms with Crippen LogP contribution in [0, 0.1) is 5.92 Å². The number of nitrogens with zero attached hydrogens (tertiary/aromatic N) is 2. The van der Waals surface area contributed by atoms with E-state index in [1.807, 2.05) is 0 Å². The van der Waals surface area contributed by atoms with Crippen molar-refractivity contribution in [2.24, 2.45) is 11.7 Å². The summed E-state index contributed by atoms with van der Waals surface area (Å²) >= 11 is 0. The minimum absolute atomic E-state index is 0.320. The van der Waals surface area contributed by atoms with Crippen LogP contribution in [-0.4, -0.2) is 37.7 Å². The van der Waals surface area contributed by atoms with Crippen LogP contribution in [0.4, 0.5) is 5.82 Å². The molecule has 0 saturated carbocycles. The number of hydrogen-bond donors (Lipinski definition) is 1. The van der Waals surface area contributed by atoms with E-state index in [9.17, 15) is 4.79 Å². The number of carbonyl (C=O) groups excluding carboxylic acids is 1. The minimum Gasteiger partial charge on any atom is -0.465 e. The lowest BCUT2D eigenvalue weighted by molar-refractivity contribution is 0.0600. The fourth-order valence-corrected chi connectivity index (χ4v) is 2.58. The Labute approximate surface area is 113 Å². The molecule has 19 heavy (non-hydrogen) atoms. The summed E-state index contributed by atoms with van der Waals surface area (Å²) in [5, 5.41) is 0. The van der Waals surface area contributed by atoms with Crippen molar-refractivity contribution in [3.05, 3.63) is 23.9 Å². The largest absolute Gasteiger partial charge is 0.465 e. The molecule has 104 valence electrons. The van der Waals surface area contributed by atoms with Gasteiger partial charge in [-0.3, -0.25) is 0 Å². The lowest BCUT2D eigenvalue weighted by Crippen LogP contribution is -2.36. The minimum atomic E-state index is -0.320. The van der Waals surface area contributed by atoms with Gasteiger partial charge in [-0.05, 0) is 43.9 Å². The van der Waals surface area contributed by atoms with E-state index < -0.39 is 0 Å². The standard InChI is InChI=1S/C14H21N3O2/c1-19-14(18)12-5-7-16-13(9-12)17-8-2-3-11(10-17)4-6-15/h5,7,9,11H,2-4,6,8,10,15H2,1H3. The number of hydrogen-bond acceptors (Lipinski definition) is 5. The molecule has 1 saturated heterocycles. The molecule has 1 aromatic rings. The van der Waals surface area contributed by atoms with Crippen LogP contribution in [0.2, 0.25) is 0 Å². The Morgan fingerprint density at radius 3 is 3.21 bits per heavy atom. The summed E-state index contributed by atoms with van der Waals surface area (Å²) in [7, 11) is 1.39.